The summed E-state index contributed by atoms with van der Waals surface area (Å²) in [5, 5.41) is 3.32. The molecule has 0 aromatic rings. The molecule has 2 unspecified atom stereocenters. The van der Waals surface area contributed by atoms with Crippen LogP contribution in [-0.4, -0.2) is 54.1 Å². The van der Waals surface area contributed by atoms with E-state index in [-0.39, 0.29) is 12.1 Å². The van der Waals surface area contributed by atoms with Gasteiger partial charge in [-0.3, -0.25) is 15.0 Å². The molecule has 0 saturated carbocycles. The number of rotatable bonds is 4. The molecule has 0 spiro atoms. The number of hydrogen-bond acceptors (Lipinski definition) is 3. The summed E-state index contributed by atoms with van der Waals surface area (Å²) in [5.41, 5.74) is 0. The van der Waals surface area contributed by atoms with Crippen molar-refractivity contribution < 1.29 is 4.79 Å². The van der Waals surface area contributed by atoms with Gasteiger partial charge in [-0.1, -0.05) is 20.3 Å². The molecule has 0 bridgehead atoms. The molecular weight excluding hydrogens is 226 g/mol. The minimum Gasteiger partial charge on any atom is -0.324 e. The van der Waals surface area contributed by atoms with E-state index >= 15 is 0 Å². The fourth-order valence-corrected chi connectivity index (χ4v) is 3.13. The van der Waals surface area contributed by atoms with E-state index in [9.17, 15) is 4.79 Å². The molecule has 2 aliphatic heterocycles. The van der Waals surface area contributed by atoms with E-state index < -0.39 is 0 Å². The Hall–Kier alpha value is -0.610. The SMILES string of the molecule is CC(C)C1NCC(=O)N1CC(C)N1CCCCC1. The number of likely N-dealkylation sites (tertiary alicyclic amines) is 1. The molecule has 4 heteroatoms. The van der Waals surface area contributed by atoms with Gasteiger partial charge in [-0.05, 0) is 38.8 Å². The molecule has 0 aromatic heterocycles. The summed E-state index contributed by atoms with van der Waals surface area (Å²) in [6, 6.07) is 0.482. The minimum absolute atomic E-state index is 0.227. The predicted molar refractivity (Wildman–Crippen MR) is 73.2 cm³/mol. The van der Waals surface area contributed by atoms with Crippen LogP contribution in [0.25, 0.3) is 0 Å². The lowest BCUT2D eigenvalue weighted by atomic mass is 10.1. The van der Waals surface area contributed by atoms with Crippen LogP contribution in [0.15, 0.2) is 0 Å². The third-order valence-electron chi connectivity index (χ3n) is 4.22. The molecule has 1 amide bonds. The number of nitrogens with zero attached hydrogens (tertiary/aromatic N) is 2. The topological polar surface area (TPSA) is 35.6 Å². The van der Waals surface area contributed by atoms with Crippen LogP contribution < -0.4 is 5.32 Å². The second kappa shape index (κ2) is 6.02. The van der Waals surface area contributed by atoms with Gasteiger partial charge in [0.2, 0.25) is 5.91 Å². The van der Waals surface area contributed by atoms with Gasteiger partial charge in [-0.25, -0.2) is 0 Å². The van der Waals surface area contributed by atoms with Gasteiger partial charge in [-0.2, -0.15) is 0 Å². The lowest BCUT2D eigenvalue weighted by Gasteiger charge is -2.36. The highest BCUT2D eigenvalue weighted by atomic mass is 16.2. The average molecular weight is 253 g/mol. The van der Waals surface area contributed by atoms with E-state index in [1.165, 1.54) is 32.4 Å². The van der Waals surface area contributed by atoms with Crippen LogP contribution in [0.3, 0.4) is 0 Å². The number of carbonyl (C=O) groups is 1. The summed E-state index contributed by atoms with van der Waals surface area (Å²) in [7, 11) is 0. The van der Waals surface area contributed by atoms with Gasteiger partial charge in [0.1, 0.15) is 0 Å². The number of nitrogens with one attached hydrogen (secondary N) is 1. The number of piperidine rings is 1. The molecule has 2 heterocycles. The number of hydrogen-bond donors (Lipinski definition) is 1. The third kappa shape index (κ3) is 3.04. The highest BCUT2D eigenvalue weighted by Crippen LogP contribution is 2.17. The molecule has 2 rings (SSSR count). The van der Waals surface area contributed by atoms with Crippen molar-refractivity contribution >= 4 is 5.91 Å². The quantitative estimate of drug-likeness (QED) is 0.819. The fourth-order valence-electron chi connectivity index (χ4n) is 3.13. The van der Waals surface area contributed by atoms with Gasteiger partial charge in [0.25, 0.3) is 0 Å². The van der Waals surface area contributed by atoms with Crippen molar-refractivity contribution in [2.45, 2.75) is 52.2 Å². The maximum atomic E-state index is 12.0. The Morgan fingerprint density at radius 2 is 1.89 bits per heavy atom. The van der Waals surface area contributed by atoms with Gasteiger partial charge >= 0.3 is 0 Å². The van der Waals surface area contributed by atoms with Crippen LogP contribution in [-0.2, 0) is 4.79 Å². The lowest BCUT2D eigenvalue weighted by Crippen LogP contribution is -2.49. The maximum Gasteiger partial charge on any atom is 0.237 e. The van der Waals surface area contributed by atoms with Crippen LogP contribution in [0.2, 0.25) is 0 Å². The van der Waals surface area contributed by atoms with Crippen molar-refractivity contribution in [1.29, 1.82) is 0 Å². The average Bonchev–Trinajstić information content (AvgIpc) is 2.72. The van der Waals surface area contributed by atoms with E-state index in [0.29, 0.717) is 18.5 Å². The van der Waals surface area contributed by atoms with Crippen LogP contribution in [0.5, 0.6) is 0 Å². The summed E-state index contributed by atoms with van der Waals surface area (Å²) < 4.78 is 0. The largest absolute Gasteiger partial charge is 0.324 e. The van der Waals surface area contributed by atoms with E-state index in [2.05, 4.69) is 31.0 Å². The molecule has 2 aliphatic rings. The van der Waals surface area contributed by atoms with Crippen LogP contribution >= 0.6 is 0 Å². The maximum absolute atomic E-state index is 12.0. The van der Waals surface area contributed by atoms with Crippen LogP contribution in [0, 0.1) is 5.92 Å². The predicted octanol–water partition coefficient (Wildman–Crippen LogP) is 1.27. The second-order valence-electron chi connectivity index (χ2n) is 6.06. The van der Waals surface area contributed by atoms with Gasteiger partial charge in [0, 0.05) is 12.6 Å². The Balaban J connectivity index is 1.91. The normalized spacial score (nSPS) is 28.1. The Bertz CT molecular complexity index is 287. The molecule has 1 N–H and O–H groups in total. The Morgan fingerprint density at radius 3 is 2.50 bits per heavy atom. The Kier molecular flexibility index (Phi) is 4.62. The third-order valence-corrected chi connectivity index (χ3v) is 4.22. The molecule has 0 aromatic carbocycles. The van der Waals surface area contributed by atoms with E-state index in [1.54, 1.807) is 0 Å². The second-order valence-corrected chi connectivity index (χ2v) is 6.06. The molecule has 2 saturated heterocycles. The summed E-state index contributed by atoms with van der Waals surface area (Å²) >= 11 is 0. The van der Waals surface area contributed by atoms with E-state index in [0.717, 1.165) is 6.54 Å². The standard InChI is InChI=1S/C14H27N3O/c1-11(2)14-15-9-13(18)17(14)10-12(3)16-7-5-4-6-8-16/h11-12,14-15H,4-10H2,1-3H3. The van der Waals surface area contributed by atoms with Crippen molar-refractivity contribution in [1.82, 2.24) is 15.1 Å². The first kappa shape index (κ1) is 13.8. The van der Waals surface area contributed by atoms with Gasteiger partial charge in [-0.15, -0.1) is 0 Å². The first-order valence-corrected chi connectivity index (χ1v) is 7.36. The summed E-state index contributed by atoms with van der Waals surface area (Å²) in [5.74, 6) is 0.738. The van der Waals surface area contributed by atoms with Crippen molar-refractivity contribution in [3.05, 3.63) is 0 Å². The fraction of sp³-hybridized carbons (Fsp3) is 0.929. The summed E-state index contributed by atoms with van der Waals surface area (Å²) in [6.45, 7) is 10.4. The lowest BCUT2D eigenvalue weighted by molar-refractivity contribution is -0.129. The first-order chi connectivity index (χ1) is 8.59. The van der Waals surface area contributed by atoms with Crippen LogP contribution in [0.1, 0.15) is 40.0 Å². The van der Waals surface area contributed by atoms with Crippen molar-refractivity contribution in [2.75, 3.05) is 26.2 Å². The zero-order valence-electron chi connectivity index (χ0n) is 12.0. The van der Waals surface area contributed by atoms with Gasteiger partial charge in [0.15, 0.2) is 0 Å². The van der Waals surface area contributed by atoms with Crippen molar-refractivity contribution in [2.24, 2.45) is 5.92 Å². The molecular formula is C14H27N3O. The summed E-state index contributed by atoms with van der Waals surface area (Å²) in [6.07, 6.45) is 4.21. The van der Waals surface area contributed by atoms with E-state index in [4.69, 9.17) is 0 Å². The van der Waals surface area contributed by atoms with Gasteiger partial charge in [0.05, 0.1) is 12.7 Å². The molecule has 104 valence electrons. The number of carbonyl (C=O) groups excluding carboxylic acids is 1. The summed E-state index contributed by atoms with van der Waals surface area (Å²) in [4.78, 5) is 16.5. The smallest absolute Gasteiger partial charge is 0.237 e. The molecule has 4 nitrogen and oxygen atoms in total. The first-order valence-electron chi connectivity index (χ1n) is 7.36. The highest BCUT2D eigenvalue weighted by molar-refractivity contribution is 5.80. The molecule has 0 aliphatic carbocycles. The number of amides is 1. The minimum atomic E-state index is 0.227. The monoisotopic (exact) mass is 253 g/mol. The zero-order valence-corrected chi connectivity index (χ0v) is 12.0. The Morgan fingerprint density at radius 1 is 1.22 bits per heavy atom. The molecule has 0 radical (unpaired) electrons. The van der Waals surface area contributed by atoms with Gasteiger partial charge < -0.3 is 4.90 Å². The Labute approximate surface area is 111 Å². The van der Waals surface area contributed by atoms with Crippen molar-refractivity contribution in [3.8, 4) is 0 Å². The highest BCUT2D eigenvalue weighted by Gasteiger charge is 2.34. The molecule has 2 atom stereocenters. The van der Waals surface area contributed by atoms with Crippen LogP contribution in [0.4, 0.5) is 0 Å². The molecule has 18 heavy (non-hydrogen) atoms. The molecule has 2 fully saturated rings. The zero-order chi connectivity index (χ0) is 13.1. The van der Waals surface area contributed by atoms with E-state index in [1.807, 2.05) is 4.90 Å². The van der Waals surface area contributed by atoms with Crippen molar-refractivity contribution in [3.63, 3.8) is 0 Å².